The zero-order chi connectivity index (χ0) is 14.2. The minimum atomic E-state index is -0.537. The van der Waals surface area contributed by atoms with E-state index in [4.69, 9.17) is 11.6 Å². The van der Waals surface area contributed by atoms with Gasteiger partial charge in [-0.1, -0.05) is 11.6 Å². The molecule has 19 heavy (non-hydrogen) atoms. The van der Waals surface area contributed by atoms with Crippen LogP contribution in [0.1, 0.15) is 0 Å². The average Bonchev–Trinajstić information content (AvgIpc) is 2.38. The van der Waals surface area contributed by atoms with Crippen LogP contribution in [0.4, 0.5) is 15.9 Å². The van der Waals surface area contributed by atoms with Crippen molar-refractivity contribution in [1.29, 1.82) is 0 Å². The summed E-state index contributed by atoms with van der Waals surface area (Å²) in [5.74, 6) is -0.235. The Balaban J connectivity index is 2.47. The molecule has 0 atom stereocenters. The molecule has 0 aliphatic carbocycles. The Labute approximate surface area is 112 Å². The normalized spacial score (nSPS) is 10.5. The summed E-state index contributed by atoms with van der Waals surface area (Å²) in [5.41, 5.74) is -0.406. The van der Waals surface area contributed by atoms with Gasteiger partial charge in [-0.05, 0) is 18.2 Å². The van der Waals surface area contributed by atoms with Crippen molar-refractivity contribution in [3.8, 4) is 0 Å². The van der Waals surface area contributed by atoms with Crippen molar-refractivity contribution in [1.82, 2.24) is 9.13 Å². The summed E-state index contributed by atoms with van der Waals surface area (Å²) in [4.78, 5) is 23.3. The van der Waals surface area contributed by atoms with E-state index in [-0.39, 0.29) is 5.02 Å². The second-order valence-corrected chi connectivity index (χ2v) is 4.43. The van der Waals surface area contributed by atoms with Gasteiger partial charge in [-0.2, -0.15) is 0 Å². The summed E-state index contributed by atoms with van der Waals surface area (Å²) >= 11 is 5.66. The maximum Gasteiger partial charge on any atom is 0.332 e. The topological polar surface area (TPSA) is 56.0 Å². The molecule has 2 rings (SSSR count). The summed E-state index contributed by atoms with van der Waals surface area (Å²) in [5, 5.41) is 2.80. The van der Waals surface area contributed by atoms with Crippen LogP contribution in [0.25, 0.3) is 0 Å². The fourth-order valence-electron chi connectivity index (χ4n) is 1.57. The summed E-state index contributed by atoms with van der Waals surface area (Å²) < 4.78 is 15.3. The lowest BCUT2D eigenvalue weighted by atomic mass is 10.3. The van der Waals surface area contributed by atoms with E-state index in [1.165, 1.54) is 42.9 Å². The molecule has 0 aliphatic heterocycles. The van der Waals surface area contributed by atoms with Crippen molar-refractivity contribution < 1.29 is 4.39 Å². The molecule has 0 bridgehead atoms. The largest absolute Gasteiger partial charge is 0.341 e. The van der Waals surface area contributed by atoms with E-state index in [9.17, 15) is 14.0 Å². The highest BCUT2D eigenvalue weighted by Gasteiger charge is 2.07. The predicted molar refractivity (Wildman–Crippen MR) is 71.6 cm³/mol. The van der Waals surface area contributed by atoms with Gasteiger partial charge in [-0.15, -0.1) is 0 Å². The molecule has 0 aliphatic rings. The molecule has 0 radical (unpaired) electrons. The molecule has 0 amide bonds. The molecule has 1 heterocycles. The van der Waals surface area contributed by atoms with E-state index in [0.717, 1.165) is 4.57 Å². The van der Waals surface area contributed by atoms with Crippen LogP contribution in [0.3, 0.4) is 0 Å². The van der Waals surface area contributed by atoms with Gasteiger partial charge in [0, 0.05) is 25.8 Å². The van der Waals surface area contributed by atoms with E-state index in [0.29, 0.717) is 11.5 Å². The van der Waals surface area contributed by atoms with Gasteiger partial charge in [0.25, 0.3) is 5.56 Å². The van der Waals surface area contributed by atoms with Crippen molar-refractivity contribution >= 4 is 23.1 Å². The molecule has 0 spiro atoms. The van der Waals surface area contributed by atoms with Crippen LogP contribution in [0, 0.1) is 5.82 Å². The second-order valence-electron chi connectivity index (χ2n) is 4.02. The first-order valence-electron chi connectivity index (χ1n) is 5.39. The van der Waals surface area contributed by atoms with Gasteiger partial charge in [-0.25, -0.2) is 9.18 Å². The standard InChI is InChI=1S/C12H11ClFN3O2/c1-16-10(6-11(18)17(2)12(16)19)15-7-3-4-9(14)8(13)5-7/h3-6,15H,1-2H3. The molecule has 2 aromatic rings. The van der Waals surface area contributed by atoms with Gasteiger partial charge in [-0.3, -0.25) is 13.9 Å². The number of benzene rings is 1. The molecular formula is C12H11ClFN3O2. The number of hydrogen-bond donors (Lipinski definition) is 1. The molecule has 1 aromatic heterocycles. The average molecular weight is 284 g/mol. The summed E-state index contributed by atoms with van der Waals surface area (Å²) in [6.45, 7) is 0. The summed E-state index contributed by atoms with van der Waals surface area (Å²) in [7, 11) is 2.92. The van der Waals surface area contributed by atoms with Crippen molar-refractivity contribution in [2.24, 2.45) is 14.1 Å². The molecule has 100 valence electrons. The van der Waals surface area contributed by atoms with E-state index in [2.05, 4.69) is 5.32 Å². The van der Waals surface area contributed by atoms with Gasteiger partial charge >= 0.3 is 5.69 Å². The third kappa shape index (κ3) is 2.53. The number of aromatic nitrogens is 2. The highest BCUT2D eigenvalue weighted by molar-refractivity contribution is 6.31. The SMILES string of the molecule is Cn1c(Nc2ccc(F)c(Cl)c2)cc(=O)n(C)c1=O. The first kappa shape index (κ1) is 13.4. The number of hydrogen-bond acceptors (Lipinski definition) is 3. The first-order chi connectivity index (χ1) is 8.90. The second kappa shape index (κ2) is 4.89. The van der Waals surface area contributed by atoms with E-state index in [1.807, 2.05) is 0 Å². The number of nitrogens with zero attached hydrogens (tertiary/aromatic N) is 2. The fraction of sp³-hybridized carbons (Fsp3) is 0.167. The van der Waals surface area contributed by atoms with Gasteiger partial charge < -0.3 is 5.32 Å². The molecule has 0 fully saturated rings. The number of rotatable bonds is 2. The van der Waals surface area contributed by atoms with Crippen molar-refractivity contribution in [3.05, 3.63) is 55.9 Å². The minimum Gasteiger partial charge on any atom is -0.341 e. The number of halogens is 2. The third-order valence-electron chi connectivity index (χ3n) is 2.72. The maximum atomic E-state index is 13.0. The van der Waals surface area contributed by atoms with Crippen molar-refractivity contribution in [2.75, 3.05) is 5.32 Å². The lowest BCUT2D eigenvalue weighted by molar-refractivity contribution is 0.628. The molecular weight excluding hydrogens is 273 g/mol. The van der Waals surface area contributed by atoms with Gasteiger partial charge in [0.1, 0.15) is 11.6 Å². The zero-order valence-electron chi connectivity index (χ0n) is 10.3. The molecule has 5 nitrogen and oxygen atoms in total. The quantitative estimate of drug-likeness (QED) is 0.911. The molecule has 1 aromatic carbocycles. The smallest absolute Gasteiger partial charge is 0.332 e. The van der Waals surface area contributed by atoms with Crippen LogP contribution in [0.15, 0.2) is 33.9 Å². The fourth-order valence-corrected chi connectivity index (χ4v) is 1.76. The highest BCUT2D eigenvalue weighted by atomic mass is 35.5. The molecule has 0 unspecified atom stereocenters. The maximum absolute atomic E-state index is 13.0. The molecule has 0 saturated carbocycles. The van der Waals surface area contributed by atoms with Crippen molar-refractivity contribution in [3.63, 3.8) is 0 Å². The van der Waals surface area contributed by atoms with Crippen LogP contribution in [0.5, 0.6) is 0 Å². The Morgan fingerprint density at radius 2 is 1.84 bits per heavy atom. The Morgan fingerprint density at radius 3 is 2.47 bits per heavy atom. The predicted octanol–water partition coefficient (Wildman–Crippen LogP) is 1.62. The summed E-state index contributed by atoms with van der Waals surface area (Å²) in [6.07, 6.45) is 0. The lowest BCUT2D eigenvalue weighted by Gasteiger charge is -2.12. The van der Waals surface area contributed by atoms with E-state index < -0.39 is 17.1 Å². The van der Waals surface area contributed by atoms with Crippen molar-refractivity contribution in [2.45, 2.75) is 0 Å². The third-order valence-corrected chi connectivity index (χ3v) is 3.01. The molecule has 7 heteroatoms. The Bertz CT molecular complexity index is 752. The zero-order valence-corrected chi connectivity index (χ0v) is 11.0. The first-order valence-corrected chi connectivity index (χ1v) is 5.77. The Morgan fingerprint density at radius 1 is 1.16 bits per heavy atom. The highest BCUT2D eigenvalue weighted by Crippen LogP contribution is 2.21. The monoisotopic (exact) mass is 283 g/mol. The minimum absolute atomic E-state index is 0.0427. The Hall–Kier alpha value is -2.08. The Kier molecular flexibility index (Phi) is 3.44. The number of nitrogens with one attached hydrogen (secondary N) is 1. The van der Waals surface area contributed by atoms with Crippen LogP contribution in [0.2, 0.25) is 5.02 Å². The van der Waals surface area contributed by atoms with Gasteiger partial charge in [0.15, 0.2) is 0 Å². The van der Waals surface area contributed by atoms with E-state index in [1.54, 1.807) is 0 Å². The summed E-state index contributed by atoms with van der Waals surface area (Å²) in [6, 6.07) is 5.31. The van der Waals surface area contributed by atoms with Crippen LogP contribution in [-0.2, 0) is 14.1 Å². The number of anilines is 2. The molecule has 0 saturated heterocycles. The van der Waals surface area contributed by atoms with Gasteiger partial charge in [0.05, 0.1) is 5.02 Å². The van der Waals surface area contributed by atoms with Crippen LogP contribution < -0.4 is 16.6 Å². The lowest BCUT2D eigenvalue weighted by Crippen LogP contribution is -2.37. The van der Waals surface area contributed by atoms with Gasteiger partial charge in [0.2, 0.25) is 0 Å². The molecule has 1 N–H and O–H groups in total. The van der Waals surface area contributed by atoms with E-state index >= 15 is 0 Å². The van der Waals surface area contributed by atoms with Crippen LogP contribution >= 0.6 is 11.6 Å². The van der Waals surface area contributed by atoms with Crippen LogP contribution in [-0.4, -0.2) is 9.13 Å².